The Kier molecular flexibility index (Phi) is 7.37. The number of ether oxygens (including phenoxy) is 2. The lowest BCUT2D eigenvalue weighted by molar-refractivity contribution is -0.131. The predicted octanol–water partition coefficient (Wildman–Crippen LogP) is 6.88. The highest BCUT2D eigenvalue weighted by Crippen LogP contribution is 2.45. The molecule has 4 nitrogen and oxygen atoms in total. The highest BCUT2D eigenvalue weighted by molar-refractivity contribution is 6.02. The number of hydrogen-bond acceptors (Lipinski definition) is 4. The second-order valence-electron chi connectivity index (χ2n) is 9.07. The number of allylic oxidation sites excluding steroid dienone is 4. The number of rotatable bonds is 7. The summed E-state index contributed by atoms with van der Waals surface area (Å²) in [7, 11) is 0. The highest BCUT2D eigenvalue weighted by Gasteiger charge is 2.27. The minimum Gasteiger partial charge on any atom is -0.422 e. The first kappa shape index (κ1) is 24.2. The molecule has 0 saturated heterocycles. The van der Waals surface area contributed by atoms with E-state index in [9.17, 15) is 9.59 Å². The van der Waals surface area contributed by atoms with Crippen LogP contribution in [0.5, 0.6) is 11.5 Å². The third-order valence-corrected chi connectivity index (χ3v) is 5.68. The van der Waals surface area contributed by atoms with Crippen LogP contribution in [0.1, 0.15) is 57.2 Å². The van der Waals surface area contributed by atoms with Gasteiger partial charge in [-0.3, -0.25) is 0 Å². The second kappa shape index (κ2) is 10.0. The molecule has 172 valence electrons. The van der Waals surface area contributed by atoms with Crippen LogP contribution < -0.4 is 9.47 Å². The maximum atomic E-state index is 12.5. The van der Waals surface area contributed by atoms with E-state index in [1.165, 1.54) is 11.1 Å². The van der Waals surface area contributed by atoms with Gasteiger partial charge >= 0.3 is 11.9 Å². The van der Waals surface area contributed by atoms with Crippen LogP contribution in [0.3, 0.4) is 0 Å². The van der Waals surface area contributed by atoms with Crippen molar-refractivity contribution in [2.24, 2.45) is 0 Å². The van der Waals surface area contributed by atoms with Gasteiger partial charge in [0, 0.05) is 33.0 Å². The third kappa shape index (κ3) is 5.51. The van der Waals surface area contributed by atoms with E-state index in [4.69, 9.17) is 9.47 Å². The SMILES string of the molecule is C=C(C)C(=O)Oc1c2c(c(OC(=O)C(=C)C)c3ccc(C)cc13)CC(CCC=C(C)C)=CC2. The molecular formula is C29H32O4. The van der Waals surface area contributed by atoms with Gasteiger partial charge in [0.2, 0.25) is 0 Å². The zero-order valence-electron chi connectivity index (χ0n) is 20.3. The zero-order chi connectivity index (χ0) is 24.3. The highest BCUT2D eigenvalue weighted by atomic mass is 16.5. The van der Waals surface area contributed by atoms with Crippen LogP contribution in [-0.2, 0) is 22.4 Å². The van der Waals surface area contributed by atoms with Gasteiger partial charge in [0.1, 0.15) is 11.5 Å². The molecule has 0 bridgehead atoms. The number of carbonyl (C=O) groups is 2. The fourth-order valence-electron chi connectivity index (χ4n) is 3.92. The molecule has 0 aromatic heterocycles. The van der Waals surface area contributed by atoms with Crippen LogP contribution in [-0.4, -0.2) is 11.9 Å². The standard InChI is InChI=1S/C29H32O4/c1-17(2)9-8-10-21-12-14-23-25(16-21)27(33-29(31)19(5)6)22-13-11-20(7)15-24(22)26(23)32-28(30)18(3)4/h9,11-13,15H,3,5,8,10,14,16H2,1-2,4,6-7H3. The van der Waals surface area contributed by atoms with E-state index >= 15 is 0 Å². The summed E-state index contributed by atoms with van der Waals surface area (Å²) >= 11 is 0. The van der Waals surface area contributed by atoms with Crippen molar-refractivity contribution in [3.8, 4) is 11.5 Å². The molecule has 1 aliphatic rings. The summed E-state index contributed by atoms with van der Waals surface area (Å²) < 4.78 is 11.8. The number of aryl methyl sites for hydroxylation is 1. The Morgan fingerprint density at radius 2 is 1.55 bits per heavy atom. The number of benzene rings is 2. The minimum atomic E-state index is -0.468. The molecule has 0 saturated carbocycles. The molecule has 0 unspecified atom stereocenters. The Labute approximate surface area is 196 Å². The van der Waals surface area contributed by atoms with Crippen LogP contribution in [0.2, 0.25) is 0 Å². The lowest BCUT2D eigenvalue weighted by Crippen LogP contribution is -2.16. The van der Waals surface area contributed by atoms with Gasteiger partial charge in [-0.05, 0) is 66.4 Å². The average Bonchev–Trinajstić information content (AvgIpc) is 2.75. The van der Waals surface area contributed by atoms with E-state index in [0.29, 0.717) is 35.5 Å². The van der Waals surface area contributed by atoms with E-state index < -0.39 is 11.9 Å². The predicted molar refractivity (Wildman–Crippen MR) is 134 cm³/mol. The van der Waals surface area contributed by atoms with Crippen LogP contribution in [0, 0.1) is 6.92 Å². The summed E-state index contributed by atoms with van der Waals surface area (Å²) in [6, 6.07) is 5.85. The van der Waals surface area contributed by atoms with Gasteiger partial charge in [0.25, 0.3) is 0 Å². The fourth-order valence-corrected chi connectivity index (χ4v) is 3.92. The van der Waals surface area contributed by atoms with Crippen molar-refractivity contribution in [1.82, 2.24) is 0 Å². The molecule has 2 aromatic carbocycles. The molecule has 33 heavy (non-hydrogen) atoms. The first-order valence-electron chi connectivity index (χ1n) is 11.2. The molecule has 0 spiro atoms. The van der Waals surface area contributed by atoms with Crippen LogP contribution in [0.25, 0.3) is 10.8 Å². The topological polar surface area (TPSA) is 52.6 Å². The number of hydrogen-bond donors (Lipinski definition) is 0. The van der Waals surface area contributed by atoms with Crippen molar-refractivity contribution in [2.45, 2.75) is 60.3 Å². The van der Waals surface area contributed by atoms with Crippen LogP contribution in [0.15, 0.2) is 65.8 Å². The van der Waals surface area contributed by atoms with Crippen molar-refractivity contribution >= 4 is 22.7 Å². The quantitative estimate of drug-likeness (QED) is 0.202. The Hall–Kier alpha value is -3.40. The first-order valence-corrected chi connectivity index (χ1v) is 11.2. The third-order valence-electron chi connectivity index (χ3n) is 5.68. The van der Waals surface area contributed by atoms with Gasteiger partial charge in [-0.1, -0.05) is 54.2 Å². The molecule has 0 atom stereocenters. The van der Waals surface area contributed by atoms with E-state index in [1.54, 1.807) is 13.8 Å². The van der Waals surface area contributed by atoms with Crippen molar-refractivity contribution in [2.75, 3.05) is 0 Å². The summed E-state index contributed by atoms with van der Waals surface area (Å²) in [5.74, 6) is 0.110. The lowest BCUT2D eigenvalue weighted by Gasteiger charge is -2.25. The molecule has 1 aliphatic carbocycles. The molecule has 0 heterocycles. The summed E-state index contributed by atoms with van der Waals surface area (Å²) in [5, 5.41) is 1.48. The molecule has 0 radical (unpaired) electrons. The van der Waals surface area contributed by atoms with E-state index in [1.807, 2.05) is 25.1 Å². The van der Waals surface area contributed by atoms with Gasteiger partial charge < -0.3 is 9.47 Å². The van der Waals surface area contributed by atoms with Gasteiger partial charge in [0.05, 0.1) is 0 Å². The lowest BCUT2D eigenvalue weighted by atomic mass is 9.85. The normalized spacial score (nSPS) is 12.5. The molecule has 3 rings (SSSR count). The first-order chi connectivity index (χ1) is 15.6. The molecule has 4 heteroatoms. The number of fused-ring (bicyclic) bond motifs is 2. The van der Waals surface area contributed by atoms with Gasteiger partial charge in [-0.2, -0.15) is 0 Å². The monoisotopic (exact) mass is 444 g/mol. The van der Waals surface area contributed by atoms with Crippen LogP contribution >= 0.6 is 0 Å². The van der Waals surface area contributed by atoms with Gasteiger partial charge in [0.15, 0.2) is 0 Å². The summed E-state index contributed by atoms with van der Waals surface area (Å²) in [6.45, 7) is 16.9. The number of carbonyl (C=O) groups excluding carboxylic acids is 2. The van der Waals surface area contributed by atoms with E-state index in [2.05, 4.69) is 39.2 Å². The molecule has 0 fully saturated rings. The molecular weight excluding hydrogens is 412 g/mol. The average molecular weight is 445 g/mol. The Bertz CT molecular complexity index is 1220. The maximum absolute atomic E-state index is 12.5. The summed E-state index contributed by atoms with van der Waals surface area (Å²) in [5.41, 5.74) is 6.00. The largest absolute Gasteiger partial charge is 0.422 e. The van der Waals surface area contributed by atoms with Crippen LogP contribution in [0.4, 0.5) is 0 Å². The maximum Gasteiger partial charge on any atom is 0.338 e. The van der Waals surface area contributed by atoms with E-state index in [-0.39, 0.29) is 0 Å². The minimum absolute atomic E-state index is 0.330. The van der Waals surface area contributed by atoms with Crippen molar-refractivity contribution in [3.63, 3.8) is 0 Å². The van der Waals surface area contributed by atoms with Gasteiger partial charge in [-0.25, -0.2) is 9.59 Å². The zero-order valence-corrected chi connectivity index (χ0v) is 20.3. The fraction of sp³-hybridized carbons (Fsp3) is 0.310. The summed E-state index contributed by atoms with van der Waals surface area (Å²) in [4.78, 5) is 25.1. The molecule has 2 aromatic rings. The Balaban J connectivity index is 2.21. The van der Waals surface area contributed by atoms with E-state index in [0.717, 1.165) is 40.3 Å². The Morgan fingerprint density at radius 3 is 2.12 bits per heavy atom. The second-order valence-corrected chi connectivity index (χ2v) is 9.07. The Morgan fingerprint density at radius 1 is 0.939 bits per heavy atom. The van der Waals surface area contributed by atoms with Crippen molar-refractivity contribution in [3.05, 3.63) is 82.5 Å². The smallest absolute Gasteiger partial charge is 0.338 e. The molecule has 0 N–H and O–H groups in total. The van der Waals surface area contributed by atoms with Crippen molar-refractivity contribution in [1.29, 1.82) is 0 Å². The van der Waals surface area contributed by atoms with Gasteiger partial charge in [-0.15, -0.1) is 0 Å². The molecule has 0 amide bonds. The molecule has 0 aliphatic heterocycles. The van der Waals surface area contributed by atoms with Crippen molar-refractivity contribution < 1.29 is 19.1 Å². The summed E-state index contributed by atoms with van der Waals surface area (Å²) in [6.07, 6.45) is 7.53. The number of esters is 2.